The predicted molar refractivity (Wildman–Crippen MR) is 63.9 cm³/mol. The zero-order valence-electron chi connectivity index (χ0n) is 10.1. The van der Waals surface area contributed by atoms with E-state index in [4.69, 9.17) is 4.74 Å². The van der Waals surface area contributed by atoms with Crippen LogP contribution in [0.3, 0.4) is 0 Å². The third-order valence-corrected chi connectivity index (χ3v) is 2.38. The van der Waals surface area contributed by atoms with Gasteiger partial charge in [0.2, 0.25) is 5.88 Å². The first-order valence-electron chi connectivity index (χ1n) is 5.30. The van der Waals surface area contributed by atoms with Crippen molar-refractivity contribution in [3.05, 3.63) is 29.7 Å². The lowest BCUT2D eigenvalue weighted by atomic mass is 10.3. The number of aryl methyl sites for hydroxylation is 2. The van der Waals surface area contributed by atoms with Gasteiger partial charge in [0, 0.05) is 19.3 Å². The number of hydrogen-bond acceptors (Lipinski definition) is 5. The molecule has 90 valence electrons. The Morgan fingerprint density at radius 3 is 2.71 bits per heavy atom. The van der Waals surface area contributed by atoms with Crippen molar-refractivity contribution in [2.24, 2.45) is 7.05 Å². The molecule has 2 aromatic rings. The van der Waals surface area contributed by atoms with Gasteiger partial charge in [0.05, 0.1) is 30.7 Å². The van der Waals surface area contributed by atoms with Crippen molar-refractivity contribution in [1.82, 2.24) is 20.0 Å². The SMILES string of the molecule is COc1ccc(CNc2cn(C)nc2C)nn1. The van der Waals surface area contributed by atoms with Crippen LogP contribution < -0.4 is 10.1 Å². The summed E-state index contributed by atoms with van der Waals surface area (Å²) in [7, 11) is 3.46. The number of anilines is 1. The fraction of sp³-hybridized carbons (Fsp3) is 0.364. The van der Waals surface area contributed by atoms with Crippen molar-refractivity contribution < 1.29 is 4.74 Å². The van der Waals surface area contributed by atoms with Gasteiger partial charge in [0.1, 0.15) is 0 Å². The maximum Gasteiger partial charge on any atom is 0.233 e. The molecule has 0 fully saturated rings. The highest BCUT2D eigenvalue weighted by Crippen LogP contribution is 2.12. The Morgan fingerprint density at radius 1 is 1.35 bits per heavy atom. The van der Waals surface area contributed by atoms with E-state index >= 15 is 0 Å². The summed E-state index contributed by atoms with van der Waals surface area (Å²) < 4.78 is 6.72. The second-order valence-corrected chi connectivity index (χ2v) is 3.72. The van der Waals surface area contributed by atoms with Crippen LogP contribution in [0.5, 0.6) is 5.88 Å². The first kappa shape index (κ1) is 11.4. The predicted octanol–water partition coefficient (Wildman–Crippen LogP) is 1.14. The van der Waals surface area contributed by atoms with E-state index in [9.17, 15) is 0 Å². The molecule has 2 rings (SSSR count). The number of nitrogens with zero attached hydrogens (tertiary/aromatic N) is 4. The number of rotatable bonds is 4. The Morgan fingerprint density at radius 2 is 2.18 bits per heavy atom. The molecule has 0 aliphatic rings. The Hall–Kier alpha value is -2.11. The molecule has 1 N–H and O–H groups in total. The van der Waals surface area contributed by atoms with E-state index in [0.29, 0.717) is 12.4 Å². The first-order valence-corrected chi connectivity index (χ1v) is 5.30. The molecule has 0 radical (unpaired) electrons. The zero-order chi connectivity index (χ0) is 12.3. The molecule has 2 aromatic heterocycles. The van der Waals surface area contributed by atoms with Gasteiger partial charge in [-0.1, -0.05) is 0 Å². The largest absolute Gasteiger partial charge is 0.480 e. The van der Waals surface area contributed by atoms with E-state index in [1.165, 1.54) is 0 Å². The van der Waals surface area contributed by atoms with Crippen LogP contribution in [0.2, 0.25) is 0 Å². The molecule has 6 nitrogen and oxygen atoms in total. The van der Waals surface area contributed by atoms with Gasteiger partial charge >= 0.3 is 0 Å². The zero-order valence-corrected chi connectivity index (χ0v) is 10.1. The molecule has 0 saturated carbocycles. The lowest BCUT2D eigenvalue weighted by Crippen LogP contribution is -2.03. The van der Waals surface area contributed by atoms with Crippen molar-refractivity contribution in [3.8, 4) is 5.88 Å². The van der Waals surface area contributed by atoms with Crippen molar-refractivity contribution in [1.29, 1.82) is 0 Å². The molecular weight excluding hydrogens is 218 g/mol. The van der Waals surface area contributed by atoms with Crippen molar-refractivity contribution in [2.45, 2.75) is 13.5 Å². The second kappa shape index (κ2) is 4.82. The maximum atomic E-state index is 4.95. The van der Waals surface area contributed by atoms with E-state index in [0.717, 1.165) is 17.1 Å². The Labute approximate surface area is 99.6 Å². The van der Waals surface area contributed by atoms with Gasteiger partial charge < -0.3 is 10.1 Å². The quantitative estimate of drug-likeness (QED) is 0.857. The van der Waals surface area contributed by atoms with Crippen LogP contribution in [-0.2, 0) is 13.6 Å². The van der Waals surface area contributed by atoms with Crippen molar-refractivity contribution in [2.75, 3.05) is 12.4 Å². The summed E-state index contributed by atoms with van der Waals surface area (Å²) in [6.45, 7) is 2.57. The summed E-state index contributed by atoms with van der Waals surface area (Å²) in [6.07, 6.45) is 1.94. The Balaban J connectivity index is 1.99. The van der Waals surface area contributed by atoms with E-state index < -0.39 is 0 Å². The van der Waals surface area contributed by atoms with Gasteiger partial charge in [0.15, 0.2) is 0 Å². The van der Waals surface area contributed by atoms with Gasteiger partial charge in [0.25, 0.3) is 0 Å². The highest BCUT2D eigenvalue weighted by Gasteiger charge is 2.03. The summed E-state index contributed by atoms with van der Waals surface area (Å²) >= 11 is 0. The molecule has 17 heavy (non-hydrogen) atoms. The average molecular weight is 233 g/mol. The summed E-state index contributed by atoms with van der Waals surface area (Å²) in [4.78, 5) is 0. The van der Waals surface area contributed by atoms with Gasteiger partial charge in [-0.3, -0.25) is 4.68 Å². The normalized spacial score (nSPS) is 10.3. The fourth-order valence-corrected chi connectivity index (χ4v) is 1.51. The average Bonchev–Trinajstić information content (AvgIpc) is 2.66. The Bertz CT molecular complexity index is 491. The fourth-order valence-electron chi connectivity index (χ4n) is 1.51. The molecular formula is C11H15N5O. The molecule has 0 aliphatic heterocycles. The molecule has 0 bridgehead atoms. The van der Waals surface area contributed by atoms with Crippen LogP contribution in [0.1, 0.15) is 11.4 Å². The lowest BCUT2D eigenvalue weighted by molar-refractivity contribution is 0.391. The summed E-state index contributed by atoms with van der Waals surface area (Å²) in [5, 5.41) is 15.5. The van der Waals surface area contributed by atoms with Crippen LogP contribution in [-0.4, -0.2) is 27.1 Å². The highest BCUT2D eigenvalue weighted by molar-refractivity contribution is 5.45. The van der Waals surface area contributed by atoms with Crippen LogP contribution in [0.4, 0.5) is 5.69 Å². The molecule has 0 aromatic carbocycles. The number of nitrogens with one attached hydrogen (secondary N) is 1. The third-order valence-electron chi connectivity index (χ3n) is 2.38. The van der Waals surface area contributed by atoms with E-state index in [2.05, 4.69) is 20.6 Å². The van der Waals surface area contributed by atoms with Crippen molar-refractivity contribution >= 4 is 5.69 Å². The molecule has 0 spiro atoms. The molecule has 2 heterocycles. The minimum absolute atomic E-state index is 0.520. The summed E-state index contributed by atoms with van der Waals surface area (Å²) in [5.41, 5.74) is 2.83. The van der Waals surface area contributed by atoms with Gasteiger partial charge in [-0.15, -0.1) is 5.10 Å². The standard InChI is InChI=1S/C11H15N5O/c1-8-10(7-16(2)15-8)12-6-9-4-5-11(17-3)14-13-9/h4-5,7,12H,6H2,1-3H3. The number of hydrogen-bond donors (Lipinski definition) is 1. The Kier molecular flexibility index (Phi) is 3.22. The van der Waals surface area contributed by atoms with Gasteiger partial charge in [-0.2, -0.15) is 10.2 Å². The molecule has 0 atom stereocenters. The van der Waals surface area contributed by atoms with E-state index in [1.54, 1.807) is 17.9 Å². The van der Waals surface area contributed by atoms with Gasteiger partial charge in [-0.25, -0.2) is 0 Å². The molecule has 0 saturated heterocycles. The topological polar surface area (TPSA) is 64.9 Å². The molecule has 0 aliphatic carbocycles. The van der Waals surface area contributed by atoms with E-state index in [-0.39, 0.29) is 0 Å². The van der Waals surface area contributed by atoms with Crippen molar-refractivity contribution in [3.63, 3.8) is 0 Å². The number of methoxy groups -OCH3 is 1. The maximum absolute atomic E-state index is 4.95. The first-order chi connectivity index (χ1) is 8.19. The molecule has 6 heteroatoms. The molecule has 0 unspecified atom stereocenters. The summed E-state index contributed by atoms with van der Waals surface area (Å²) in [6, 6.07) is 3.67. The minimum Gasteiger partial charge on any atom is -0.480 e. The van der Waals surface area contributed by atoms with Crippen LogP contribution in [0, 0.1) is 6.92 Å². The minimum atomic E-state index is 0.520. The second-order valence-electron chi connectivity index (χ2n) is 3.72. The smallest absolute Gasteiger partial charge is 0.233 e. The number of ether oxygens (including phenoxy) is 1. The lowest BCUT2D eigenvalue weighted by Gasteiger charge is -2.04. The third kappa shape index (κ3) is 2.72. The van der Waals surface area contributed by atoms with Crippen LogP contribution in [0.25, 0.3) is 0 Å². The van der Waals surface area contributed by atoms with Gasteiger partial charge in [-0.05, 0) is 13.0 Å². The number of aromatic nitrogens is 4. The van der Waals surface area contributed by atoms with Crippen LogP contribution in [0.15, 0.2) is 18.3 Å². The monoisotopic (exact) mass is 233 g/mol. The summed E-state index contributed by atoms with van der Waals surface area (Å²) in [5.74, 6) is 0.520. The van der Waals surface area contributed by atoms with Crippen LogP contribution >= 0.6 is 0 Å². The van der Waals surface area contributed by atoms with E-state index in [1.807, 2.05) is 26.2 Å². The highest BCUT2D eigenvalue weighted by atomic mass is 16.5. The molecule has 0 amide bonds.